The fourth-order valence-electron chi connectivity index (χ4n) is 2.33. The molecule has 4 nitrogen and oxygen atoms in total. The van der Waals surface area contributed by atoms with Crippen LogP contribution in [0, 0.1) is 5.92 Å². The molecule has 1 atom stereocenters. The Balaban J connectivity index is 2.31. The first-order chi connectivity index (χ1) is 10.9. The molecule has 0 radical (unpaired) electrons. The zero-order chi connectivity index (χ0) is 17.0. The number of benzene rings is 1. The van der Waals surface area contributed by atoms with Gasteiger partial charge in [0, 0.05) is 10.6 Å². The zero-order valence-corrected chi connectivity index (χ0v) is 15.4. The van der Waals surface area contributed by atoms with E-state index < -0.39 is 0 Å². The first-order valence-electron chi connectivity index (χ1n) is 7.51. The zero-order valence-electron chi connectivity index (χ0n) is 13.8. The number of thiocarbonyl (C=S) groups is 1. The van der Waals surface area contributed by atoms with Gasteiger partial charge in [0.1, 0.15) is 0 Å². The fourth-order valence-corrected chi connectivity index (χ4v) is 3.01. The van der Waals surface area contributed by atoms with E-state index in [-0.39, 0.29) is 12.0 Å². The quantitative estimate of drug-likeness (QED) is 0.482. The van der Waals surface area contributed by atoms with Gasteiger partial charge in [-0.15, -0.1) is 11.8 Å². The molecule has 1 aromatic carbocycles. The van der Waals surface area contributed by atoms with Crippen molar-refractivity contribution in [3.05, 3.63) is 41.1 Å². The summed E-state index contributed by atoms with van der Waals surface area (Å²) >= 11 is 6.92. The van der Waals surface area contributed by atoms with Crippen LogP contribution < -0.4 is 10.6 Å². The van der Waals surface area contributed by atoms with E-state index in [2.05, 4.69) is 10.6 Å². The summed E-state index contributed by atoms with van der Waals surface area (Å²) in [6.07, 6.45) is 2.03. The van der Waals surface area contributed by atoms with Gasteiger partial charge in [0.15, 0.2) is 5.11 Å². The highest BCUT2D eigenvalue weighted by Crippen LogP contribution is 2.29. The first kappa shape index (κ1) is 17.8. The third-order valence-corrected chi connectivity index (χ3v) is 4.45. The standard InChI is InChI=1S/C17H22N2O2S2/c1-10(2)9-21-16(20)14-11(3)18-17(22)19-15(14)12-5-7-13(23-4)8-6-12/h5-8,10,15H,9H2,1-4H3,(H2,18,19,22)/t15-/m1/s1. The molecule has 0 fully saturated rings. The number of allylic oxidation sites excluding steroid dienone is 1. The summed E-state index contributed by atoms with van der Waals surface area (Å²) in [4.78, 5) is 13.7. The van der Waals surface area contributed by atoms with Gasteiger partial charge in [0.05, 0.1) is 18.2 Å². The summed E-state index contributed by atoms with van der Waals surface area (Å²) < 4.78 is 5.42. The predicted octanol–water partition coefficient (Wildman–Crippen LogP) is 3.40. The molecule has 1 aromatic rings. The summed E-state index contributed by atoms with van der Waals surface area (Å²) in [6.45, 7) is 6.28. The van der Waals surface area contributed by atoms with Crippen molar-refractivity contribution in [3.8, 4) is 0 Å². The maximum atomic E-state index is 12.5. The number of ether oxygens (including phenoxy) is 1. The summed E-state index contributed by atoms with van der Waals surface area (Å²) in [7, 11) is 0. The molecule has 1 heterocycles. The molecule has 2 N–H and O–H groups in total. The molecule has 0 saturated carbocycles. The van der Waals surface area contributed by atoms with Crippen molar-refractivity contribution in [1.82, 2.24) is 10.6 Å². The van der Waals surface area contributed by atoms with Crippen LogP contribution in [0.1, 0.15) is 32.4 Å². The van der Waals surface area contributed by atoms with Crippen LogP contribution in [0.4, 0.5) is 0 Å². The Kier molecular flexibility index (Phi) is 6.07. The number of esters is 1. The molecular formula is C17H22N2O2S2. The third kappa shape index (κ3) is 4.48. The Morgan fingerprint density at radius 3 is 2.57 bits per heavy atom. The molecule has 0 bridgehead atoms. The van der Waals surface area contributed by atoms with E-state index in [4.69, 9.17) is 17.0 Å². The van der Waals surface area contributed by atoms with Crippen molar-refractivity contribution in [2.45, 2.75) is 31.7 Å². The van der Waals surface area contributed by atoms with E-state index in [1.807, 2.05) is 51.3 Å². The maximum absolute atomic E-state index is 12.5. The van der Waals surface area contributed by atoms with Crippen LogP contribution in [-0.4, -0.2) is 23.9 Å². The second kappa shape index (κ2) is 7.84. The molecule has 1 aliphatic rings. The van der Waals surface area contributed by atoms with Crippen LogP contribution in [0.25, 0.3) is 0 Å². The van der Waals surface area contributed by atoms with Gasteiger partial charge in [-0.25, -0.2) is 4.79 Å². The average molecular weight is 351 g/mol. The summed E-state index contributed by atoms with van der Waals surface area (Å²) in [5, 5.41) is 6.70. The van der Waals surface area contributed by atoms with Crippen LogP contribution in [0.2, 0.25) is 0 Å². The molecule has 0 saturated heterocycles. The number of carbonyl (C=O) groups is 1. The molecule has 2 rings (SSSR count). The van der Waals surface area contributed by atoms with Crippen LogP contribution in [-0.2, 0) is 9.53 Å². The smallest absolute Gasteiger partial charge is 0.338 e. The number of thioether (sulfide) groups is 1. The van der Waals surface area contributed by atoms with E-state index in [0.29, 0.717) is 23.2 Å². The Hall–Kier alpha value is -1.53. The lowest BCUT2D eigenvalue weighted by molar-refractivity contribution is -0.140. The third-order valence-electron chi connectivity index (χ3n) is 3.49. The van der Waals surface area contributed by atoms with Crippen LogP contribution >= 0.6 is 24.0 Å². The Bertz CT molecular complexity index is 624. The second-order valence-electron chi connectivity index (χ2n) is 5.84. The minimum Gasteiger partial charge on any atom is -0.462 e. The topological polar surface area (TPSA) is 50.4 Å². The molecule has 23 heavy (non-hydrogen) atoms. The van der Waals surface area contributed by atoms with Crippen LogP contribution in [0.5, 0.6) is 0 Å². The Labute approximate surface area is 147 Å². The summed E-state index contributed by atoms with van der Waals surface area (Å²) in [5.74, 6) is -0.0117. The van der Waals surface area contributed by atoms with E-state index in [0.717, 1.165) is 11.3 Å². The molecule has 0 unspecified atom stereocenters. The highest BCUT2D eigenvalue weighted by atomic mass is 32.2. The number of hydrogen-bond acceptors (Lipinski definition) is 4. The molecule has 0 amide bonds. The molecule has 0 aromatic heterocycles. The first-order valence-corrected chi connectivity index (χ1v) is 9.15. The van der Waals surface area contributed by atoms with E-state index in [1.54, 1.807) is 11.8 Å². The lowest BCUT2D eigenvalue weighted by Crippen LogP contribution is -2.45. The minimum atomic E-state index is -0.308. The van der Waals surface area contributed by atoms with Gasteiger partial charge >= 0.3 is 5.97 Å². The van der Waals surface area contributed by atoms with Gasteiger partial charge in [0.2, 0.25) is 0 Å². The Morgan fingerprint density at radius 1 is 1.35 bits per heavy atom. The number of hydrogen-bond donors (Lipinski definition) is 2. The fraction of sp³-hybridized carbons (Fsp3) is 0.412. The number of nitrogens with one attached hydrogen (secondary N) is 2. The maximum Gasteiger partial charge on any atom is 0.338 e. The van der Waals surface area contributed by atoms with E-state index in [1.165, 1.54) is 4.90 Å². The van der Waals surface area contributed by atoms with E-state index >= 15 is 0 Å². The second-order valence-corrected chi connectivity index (χ2v) is 7.12. The molecule has 1 aliphatic heterocycles. The van der Waals surface area contributed by atoms with Crippen LogP contribution in [0.3, 0.4) is 0 Å². The normalized spacial score (nSPS) is 17.8. The van der Waals surface area contributed by atoms with Gasteiger partial charge in [-0.05, 0) is 49.0 Å². The predicted molar refractivity (Wildman–Crippen MR) is 98.3 cm³/mol. The summed E-state index contributed by atoms with van der Waals surface area (Å²) in [6, 6.07) is 7.82. The van der Waals surface area contributed by atoms with Gasteiger partial charge in [0.25, 0.3) is 0 Å². The number of rotatable bonds is 5. The molecular weight excluding hydrogens is 328 g/mol. The van der Waals surface area contributed by atoms with Crippen molar-refractivity contribution in [3.63, 3.8) is 0 Å². The number of carbonyl (C=O) groups excluding carboxylic acids is 1. The van der Waals surface area contributed by atoms with Crippen molar-refractivity contribution in [1.29, 1.82) is 0 Å². The van der Waals surface area contributed by atoms with Gasteiger partial charge in [-0.3, -0.25) is 0 Å². The van der Waals surface area contributed by atoms with Crippen LogP contribution in [0.15, 0.2) is 40.4 Å². The monoisotopic (exact) mass is 350 g/mol. The van der Waals surface area contributed by atoms with Crippen molar-refractivity contribution in [2.24, 2.45) is 5.92 Å². The lowest BCUT2D eigenvalue weighted by Gasteiger charge is -2.30. The SMILES string of the molecule is CSc1ccc([C@H]2NC(=S)NC(C)=C2C(=O)OCC(C)C)cc1. The molecule has 0 aliphatic carbocycles. The Morgan fingerprint density at radius 2 is 2.00 bits per heavy atom. The highest BCUT2D eigenvalue weighted by Gasteiger charge is 2.30. The average Bonchev–Trinajstić information content (AvgIpc) is 2.52. The largest absolute Gasteiger partial charge is 0.462 e. The van der Waals surface area contributed by atoms with Crippen molar-refractivity contribution >= 4 is 35.1 Å². The minimum absolute atomic E-state index is 0.292. The molecule has 124 valence electrons. The van der Waals surface area contributed by atoms with Crippen molar-refractivity contribution in [2.75, 3.05) is 12.9 Å². The molecule has 0 spiro atoms. The van der Waals surface area contributed by atoms with Gasteiger partial charge in [-0.2, -0.15) is 0 Å². The molecule has 6 heteroatoms. The summed E-state index contributed by atoms with van der Waals surface area (Å²) in [5.41, 5.74) is 2.31. The van der Waals surface area contributed by atoms with Crippen molar-refractivity contribution < 1.29 is 9.53 Å². The van der Waals surface area contributed by atoms with Gasteiger partial charge < -0.3 is 15.4 Å². The highest BCUT2D eigenvalue weighted by molar-refractivity contribution is 7.98. The van der Waals surface area contributed by atoms with Gasteiger partial charge in [-0.1, -0.05) is 26.0 Å². The lowest BCUT2D eigenvalue weighted by atomic mass is 9.96. The van der Waals surface area contributed by atoms with E-state index in [9.17, 15) is 4.79 Å².